The maximum Gasteiger partial charge on any atom is 0.122 e. The summed E-state index contributed by atoms with van der Waals surface area (Å²) in [4.78, 5) is 0. The molecule has 3 rings (SSSR count). The Bertz CT molecular complexity index is 803. The molecule has 0 fully saturated rings. The van der Waals surface area contributed by atoms with Crippen LogP contribution >= 0.6 is 0 Å². The molecule has 1 unspecified atom stereocenters. The third-order valence-corrected chi connectivity index (χ3v) is 3.87. The van der Waals surface area contributed by atoms with Gasteiger partial charge in [0.25, 0.3) is 0 Å². The molecule has 25 heavy (non-hydrogen) atoms. The summed E-state index contributed by atoms with van der Waals surface area (Å²) in [6.45, 7) is 3.90. The second-order valence-electron chi connectivity index (χ2n) is 5.90. The number of aliphatic hydroxyl groups is 1. The van der Waals surface area contributed by atoms with Crippen molar-refractivity contribution in [3.05, 3.63) is 54.2 Å². The Morgan fingerprint density at radius 1 is 1.20 bits per heavy atom. The Kier molecular flexibility index (Phi) is 5.87. The SMILES string of the molecule is Cc1ccccc1OCCNCC(O)COc1ccc2cn[nH]c2c1. The summed E-state index contributed by atoms with van der Waals surface area (Å²) < 4.78 is 11.3. The van der Waals surface area contributed by atoms with E-state index in [1.54, 1.807) is 6.20 Å². The first-order chi connectivity index (χ1) is 12.2. The van der Waals surface area contributed by atoms with Gasteiger partial charge in [-0.3, -0.25) is 5.10 Å². The van der Waals surface area contributed by atoms with Gasteiger partial charge >= 0.3 is 0 Å². The number of aliphatic hydroxyl groups excluding tert-OH is 1. The van der Waals surface area contributed by atoms with Gasteiger partial charge in [0.05, 0.1) is 11.7 Å². The van der Waals surface area contributed by atoms with Crippen LogP contribution in [0.3, 0.4) is 0 Å². The molecule has 0 saturated heterocycles. The van der Waals surface area contributed by atoms with Crippen molar-refractivity contribution in [3.8, 4) is 11.5 Å². The first kappa shape index (κ1) is 17.3. The van der Waals surface area contributed by atoms with Crippen LogP contribution in [0.5, 0.6) is 11.5 Å². The highest BCUT2D eigenvalue weighted by atomic mass is 16.5. The molecule has 3 aromatic rings. The largest absolute Gasteiger partial charge is 0.492 e. The van der Waals surface area contributed by atoms with Crippen LogP contribution in [0.15, 0.2) is 48.7 Å². The lowest BCUT2D eigenvalue weighted by molar-refractivity contribution is 0.105. The molecule has 0 radical (unpaired) electrons. The number of aromatic amines is 1. The zero-order valence-corrected chi connectivity index (χ0v) is 14.2. The number of aromatic nitrogens is 2. The molecule has 2 aromatic carbocycles. The van der Waals surface area contributed by atoms with Crippen LogP contribution in [0, 0.1) is 6.92 Å². The van der Waals surface area contributed by atoms with Gasteiger partial charge in [-0.15, -0.1) is 0 Å². The van der Waals surface area contributed by atoms with E-state index in [-0.39, 0.29) is 6.61 Å². The average molecular weight is 341 g/mol. The van der Waals surface area contributed by atoms with E-state index in [4.69, 9.17) is 9.47 Å². The Morgan fingerprint density at radius 2 is 2.08 bits per heavy atom. The van der Waals surface area contributed by atoms with Crippen LogP contribution in [0.4, 0.5) is 0 Å². The van der Waals surface area contributed by atoms with Crippen LogP contribution < -0.4 is 14.8 Å². The number of H-pyrrole nitrogens is 1. The normalized spacial score (nSPS) is 12.2. The molecule has 132 valence electrons. The van der Waals surface area contributed by atoms with E-state index >= 15 is 0 Å². The van der Waals surface area contributed by atoms with Gasteiger partial charge in [0.1, 0.15) is 30.8 Å². The first-order valence-corrected chi connectivity index (χ1v) is 8.35. The third kappa shape index (κ3) is 4.95. The maximum atomic E-state index is 10.00. The quantitative estimate of drug-likeness (QED) is 0.520. The fraction of sp³-hybridized carbons (Fsp3) is 0.316. The Balaban J connectivity index is 1.32. The fourth-order valence-electron chi connectivity index (χ4n) is 2.48. The highest BCUT2D eigenvalue weighted by Gasteiger charge is 2.06. The number of hydrogen-bond donors (Lipinski definition) is 3. The lowest BCUT2D eigenvalue weighted by Crippen LogP contribution is -2.33. The molecule has 0 bridgehead atoms. The zero-order valence-electron chi connectivity index (χ0n) is 14.2. The van der Waals surface area contributed by atoms with E-state index in [9.17, 15) is 5.11 Å². The van der Waals surface area contributed by atoms with Gasteiger partial charge < -0.3 is 19.9 Å². The molecule has 1 aromatic heterocycles. The summed E-state index contributed by atoms with van der Waals surface area (Å²) in [5, 5.41) is 21.1. The molecule has 0 saturated carbocycles. The second-order valence-corrected chi connectivity index (χ2v) is 5.90. The lowest BCUT2D eigenvalue weighted by Gasteiger charge is -2.14. The van der Waals surface area contributed by atoms with Gasteiger partial charge in [0.2, 0.25) is 0 Å². The number of nitrogens with one attached hydrogen (secondary N) is 2. The molecule has 0 amide bonds. The molecule has 0 spiro atoms. The summed E-state index contributed by atoms with van der Waals surface area (Å²) in [5.41, 5.74) is 2.03. The number of benzene rings is 2. The third-order valence-electron chi connectivity index (χ3n) is 3.87. The number of aryl methyl sites for hydroxylation is 1. The van der Waals surface area contributed by atoms with Gasteiger partial charge in [-0.05, 0) is 30.7 Å². The smallest absolute Gasteiger partial charge is 0.122 e. The van der Waals surface area contributed by atoms with E-state index < -0.39 is 6.10 Å². The second kappa shape index (κ2) is 8.50. The standard InChI is InChI=1S/C19H23N3O3/c1-14-4-2-3-5-19(14)24-9-8-20-12-16(23)13-25-17-7-6-15-11-21-22-18(15)10-17/h2-7,10-11,16,20,23H,8-9,12-13H2,1H3,(H,21,22). The minimum Gasteiger partial charge on any atom is -0.492 e. The number of rotatable bonds is 9. The van der Waals surface area contributed by atoms with Gasteiger partial charge in [-0.1, -0.05) is 18.2 Å². The minimum absolute atomic E-state index is 0.227. The highest BCUT2D eigenvalue weighted by Crippen LogP contribution is 2.18. The monoisotopic (exact) mass is 341 g/mol. The Morgan fingerprint density at radius 3 is 2.96 bits per heavy atom. The van der Waals surface area contributed by atoms with Crippen LogP contribution in [-0.4, -0.2) is 47.7 Å². The topological polar surface area (TPSA) is 79.4 Å². The molecule has 6 nitrogen and oxygen atoms in total. The fourth-order valence-corrected chi connectivity index (χ4v) is 2.48. The van der Waals surface area contributed by atoms with Gasteiger partial charge in [0, 0.05) is 24.5 Å². The molecular formula is C19H23N3O3. The average Bonchev–Trinajstić information content (AvgIpc) is 3.09. The van der Waals surface area contributed by atoms with Crippen LogP contribution in [-0.2, 0) is 0 Å². The summed E-state index contributed by atoms with van der Waals surface area (Å²) in [5.74, 6) is 1.60. The van der Waals surface area contributed by atoms with Crippen molar-refractivity contribution >= 4 is 10.9 Å². The predicted molar refractivity (Wildman–Crippen MR) is 97.1 cm³/mol. The van der Waals surface area contributed by atoms with Gasteiger partial charge in [-0.25, -0.2) is 0 Å². The number of para-hydroxylation sites is 1. The summed E-state index contributed by atoms with van der Waals surface area (Å²) in [6.07, 6.45) is 1.17. The lowest BCUT2D eigenvalue weighted by atomic mass is 10.2. The van der Waals surface area contributed by atoms with Crippen LogP contribution in [0.2, 0.25) is 0 Å². The van der Waals surface area contributed by atoms with Crippen LogP contribution in [0.1, 0.15) is 5.56 Å². The first-order valence-electron chi connectivity index (χ1n) is 8.35. The number of ether oxygens (including phenoxy) is 2. The van der Waals surface area contributed by atoms with Crippen molar-refractivity contribution in [2.45, 2.75) is 13.0 Å². The predicted octanol–water partition coefficient (Wildman–Crippen LogP) is 2.28. The summed E-state index contributed by atoms with van der Waals surface area (Å²) in [7, 11) is 0. The van der Waals surface area contributed by atoms with Crippen molar-refractivity contribution in [2.24, 2.45) is 0 Å². The summed E-state index contributed by atoms with van der Waals surface area (Å²) in [6, 6.07) is 13.6. The zero-order chi connectivity index (χ0) is 17.5. The van der Waals surface area contributed by atoms with Gasteiger partial charge in [0.15, 0.2) is 0 Å². The molecular weight excluding hydrogens is 318 g/mol. The number of hydrogen-bond acceptors (Lipinski definition) is 5. The Hall–Kier alpha value is -2.57. The van der Waals surface area contributed by atoms with E-state index in [2.05, 4.69) is 15.5 Å². The molecule has 1 heterocycles. The molecule has 1 atom stereocenters. The molecule has 0 aliphatic heterocycles. The van der Waals surface area contributed by atoms with E-state index in [0.29, 0.717) is 25.4 Å². The van der Waals surface area contributed by atoms with E-state index in [1.165, 1.54) is 0 Å². The number of nitrogens with zero attached hydrogens (tertiary/aromatic N) is 1. The van der Waals surface area contributed by atoms with Crippen molar-refractivity contribution in [1.29, 1.82) is 0 Å². The minimum atomic E-state index is -0.587. The molecule has 0 aliphatic rings. The molecule has 0 aliphatic carbocycles. The van der Waals surface area contributed by atoms with Crippen molar-refractivity contribution < 1.29 is 14.6 Å². The van der Waals surface area contributed by atoms with E-state index in [0.717, 1.165) is 22.2 Å². The number of fused-ring (bicyclic) bond motifs is 1. The van der Waals surface area contributed by atoms with Crippen molar-refractivity contribution in [1.82, 2.24) is 15.5 Å². The van der Waals surface area contributed by atoms with Crippen molar-refractivity contribution in [3.63, 3.8) is 0 Å². The maximum absolute atomic E-state index is 10.00. The van der Waals surface area contributed by atoms with Crippen LogP contribution in [0.25, 0.3) is 10.9 Å². The summed E-state index contributed by atoms with van der Waals surface area (Å²) >= 11 is 0. The highest BCUT2D eigenvalue weighted by molar-refractivity contribution is 5.79. The molecule has 3 N–H and O–H groups in total. The Labute approximate surface area is 146 Å². The molecule has 6 heteroatoms. The van der Waals surface area contributed by atoms with Crippen molar-refractivity contribution in [2.75, 3.05) is 26.3 Å². The van der Waals surface area contributed by atoms with E-state index in [1.807, 2.05) is 49.4 Å². The van der Waals surface area contributed by atoms with Gasteiger partial charge in [-0.2, -0.15) is 5.10 Å².